The highest BCUT2D eigenvalue weighted by Crippen LogP contribution is 2.16. The lowest BCUT2D eigenvalue weighted by molar-refractivity contribution is 0.100. The fourth-order valence-corrected chi connectivity index (χ4v) is 2.90. The standard InChI is InChI=1S/C18H17N7O/c1-12-20-15-4-2-3-5-16(15)24(12)10-11-25-22-18(21-23-25)14-8-6-13(7-9-14)17(19)26/h2-9H,10-11H2,1H3,(H2,19,26). The number of imidazole rings is 1. The Morgan fingerprint density at radius 1 is 1.08 bits per heavy atom. The largest absolute Gasteiger partial charge is 0.366 e. The number of nitrogens with two attached hydrogens (primary N) is 1. The Labute approximate surface area is 149 Å². The Kier molecular flexibility index (Phi) is 3.92. The van der Waals surface area contributed by atoms with Crippen LogP contribution in [-0.2, 0) is 13.1 Å². The lowest BCUT2D eigenvalue weighted by atomic mass is 10.1. The normalized spacial score (nSPS) is 11.1. The monoisotopic (exact) mass is 347 g/mol. The third kappa shape index (κ3) is 2.92. The lowest BCUT2D eigenvalue weighted by Gasteiger charge is -2.05. The molecule has 130 valence electrons. The molecular weight excluding hydrogens is 330 g/mol. The predicted octanol–water partition coefficient (Wildman–Crippen LogP) is 1.80. The summed E-state index contributed by atoms with van der Waals surface area (Å²) in [5.41, 5.74) is 8.55. The zero-order valence-corrected chi connectivity index (χ0v) is 14.2. The average molecular weight is 347 g/mol. The number of tetrazole rings is 1. The van der Waals surface area contributed by atoms with Crippen molar-refractivity contribution in [3.8, 4) is 11.4 Å². The molecule has 2 N–H and O–H groups in total. The number of benzene rings is 2. The highest BCUT2D eigenvalue weighted by atomic mass is 16.1. The summed E-state index contributed by atoms with van der Waals surface area (Å²) >= 11 is 0. The minimum atomic E-state index is -0.462. The van der Waals surface area contributed by atoms with Crippen molar-refractivity contribution >= 4 is 16.9 Å². The van der Waals surface area contributed by atoms with Gasteiger partial charge in [-0.25, -0.2) is 4.98 Å². The molecule has 2 heterocycles. The fraction of sp³-hybridized carbons (Fsp3) is 0.167. The van der Waals surface area contributed by atoms with Crippen LogP contribution < -0.4 is 5.73 Å². The Balaban J connectivity index is 1.51. The topological polar surface area (TPSA) is 105 Å². The second-order valence-corrected chi connectivity index (χ2v) is 5.95. The zero-order chi connectivity index (χ0) is 18.1. The van der Waals surface area contributed by atoms with Crippen LogP contribution in [0.3, 0.4) is 0 Å². The summed E-state index contributed by atoms with van der Waals surface area (Å²) in [5.74, 6) is 0.998. The minimum absolute atomic E-state index is 0.448. The van der Waals surface area contributed by atoms with Gasteiger partial charge < -0.3 is 10.3 Å². The Hall–Kier alpha value is -3.55. The van der Waals surface area contributed by atoms with Crippen molar-refractivity contribution in [2.24, 2.45) is 5.73 Å². The van der Waals surface area contributed by atoms with E-state index in [1.54, 1.807) is 29.1 Å². The molecule has 4 rings (SSSR count). The van der Waals surface area contributed by atoms with Crippen molar-refractivity contribution in [3.05, 3.63) is 59.9 Å². The first kappa shape index (κ1) is 15.9. The van der Waals surface area contributed by atoms with E-state index in [2.05, 4.69) is 31.0 Å². The maximum atomic E-state index is 11.1. The van der Waals surface area contributed by atoms with E-state index in [9.17, 15) is 4.79 Å². The second kappa shape index (κ2) is 6.40. The van der Waals surface area contributed by atoms with E-state index in [-0.39, 0.29) is 0 Å². The van der Waals surface area contributed by atoms with Gasteiger partial charge in [0, 0.05) is 17.7 Å². The van der Waals surface area contributed by atoms with E-state index in [0.29, 0.717) is 24.5 Å². The van der Waals surface area contributed by atoms with E-state index in [0.717, 1.165) is 22.4 Å². The van der Waals surface area contributed by atoms with Gasteiger partial charge >= 0.3 is 0 Å². The molecule has 2 aromatic carbocycles. The SMILES string of the molecule is Cc1nc2ccccc2n1CCn1nnc(-c2ccc(C(N)=O)cc2)n1. The van der Waals surface area contributed by atoms with Crippen LogP contribution in [0.15, 0.2) is 48.5 Å². The lowest BCUT2D eigenvalue weighted by Crippen LogP contribution is -2.11. The third-order valence-electron chi connectivity index (χ3n) is 4.25. The Morgan fingerprint density at radius 2 is 1.85 bits per heavy atom. The summed E-state index contributed by atoms with van der Waals surface area (Å²) in [6.45, 7) is 3.26. The van der Waals surface area contributed by atoms with E-state index >= 15 is 0 Å². The molecule has 0 aliphatic carbocycles. The highest BCUT2D eigenvalue weighted by molar-refractivity contribution is 5.93. The number of primary amides is 1. The molecule has 2 aromatic heterocycles. The van der Waals surface area contributed by atoms with Crippen LogP contribution in [0.2, 0.25) is 0 Å². The molecule has 0 saturated carbocycles. The number of carbonyl (C=O) groups excluding carboxylic acids is 1. The Bertz CT molecular complexity index is 1080. The van der Waals surface area contributed by atoms with Crippen molar-refractivity contribution < 1.29 is 4.79 Å². The number of amides is 1. The van der Waals surface area contributed by atoms with E-state index < -0.39 is 5.91 Å². The van der Waals surface area contributed by atoms with Gasteiger partial charge in [0.25, 0.3) is 0 Å². The Morgan fingerprint density at radius 3 is 2.62 bits per heavy atom. The third-order valence-corrected chi connectivity index (χ3v) is 4.25. The maximum Gasteiger partial charge on any atom is 0.248 e. The number of rotatable bonds is 5. The van der Waals surface area contributed by atoms with Crippen molar-refractivity contribution in [1.82, 2.24) is 29.8 Å². The van der Waals surface area contributed by atoms with Gasteiger partial charge in [-0.15, -0.1) is 10.2 Å². The highest BCUT2D eigenvalue weighted by Gasteiger charge is 2.10. The maximum absolute atomic E-state index is 11.1. The van der Waals surface area contributed by atoms with Gasteiger partial charge in [0.15, 0.2) is 0 Å². The first-order chi connectivity index (χ1) is 12.6. The minimum Gasteiger partial charge on any atom is -0.366 e. The molecule has 1 amide bonds. The summed E-state index contributed by atoms with van der Waals surface area (Å²) in [4.78, 5) is 17.3. The molecule has 4 aromatic rings. The molecule has 0 aliphatic rings. The van der Waals surface area contributed by atoms with Gasteiger partial charge in [0.1, 0.15) is 5.82 Å². The van der Waals surface area contributed by atoms with E-state index in [4.69, 9.17) is 5.73 Å². The van der Waals surface area contributed by atoms with E-state index in [1.165, 1.54) is 0 Å². The van der Waals surface area contributed by atoms with Gasteiger partial charge in [0.05, 0.1) is 17.6 Å². The molecule has 0 bridgehead atoms. The van der Waals surface area contributed by atoms with Gasteiger partial charge in [-0.05, 0) is 36.4 Å². The average Bonchev–Trinajstić information content (AvgIpc) is 3.24. The van der Waals surface area contributed by atoms with Gasteiger partial charge in [-0.1, -0.05) is 24.3 Å². The quantitative estimate of drug-likeness (QED) is 0.593. The zero-order valence-electron chi connectivity index (χ0n) is 14.2. The summed E-state index contributed by atoms with van der Waals surface area (Å²) in [6, 6.07) is 14.9. The fourth-order valence-electron chi connectivity index (χ4n) is 2.90. The number of hydrogen-bond donors (Lipinski definition) is 1. The molecule has 0 aliphatic heterocycles. The molecule has 0 atom stereocenters. The molecule has 0 radical (unpaired) electrons. The van der Waals surface area contributed by atoms with Crippen LogP contribution in [0.25, 0.3) is 22.4 Å². The molecule has 0 saturated heterocycles. The summed E-state index contributed by atoms with van der Waals surface area (Å²) in [6.07, 6.45) is 0. The second-order valence-electron chi connectivity index (χ2n) is 5.95. The summed E-state index contributed by atoms with van der Waals surface area (Å²) in [7, 11) is 0. The smallest absolute Gasteiger partial charge is 0.248 e. The van der Waals surface area contributed by atoms with Crippen LogP contribution in [0.1, 0.15) is 16.2 Å². The van der Waals surface area contributed by atoms with Crippen LogP contribution in [-0.4, -0.2) is 35.7 Å². The number of para-hydroxylation sites is 2. The summed E-state index contributed by atoms with van der Waals surface area (Å²) in [5, 5.41) is 12.6. The first-order valence-corrected chi connectivity index (χ1v) is 8.22. The first-order valence-electron chi connectivity index (χ1n) is 8.22. The predicted molar refractivity (Wildman–Crippen MR) is 96.2 cm³/mol. The molecule has 0 spiro atoms. The van der Waals surface area contributed by atoms with Crippen molar-refractivity contribution in [1.29, 1.82) is 0 Å². The van der Waals surface area contributed by atoms with Crippen molar-refractivity contribution in [3.63, 3.8) is 0 Å². The molecule has 8 nitrogen and oxygen atoms in total. The van der Waals surface area contributed by atoms with Crippen LogP contribution in [0, 0.1) is 6.92 Å². The van der Waals surface area contributed by atoms with Gasteiger partial charge in [-0.3, -0.25) is 4.79 Å². The number of aryl methyl sites for hydroxylation is 3. The molecule has 0 fully saturated rings. The molecular formula is C18H17N7O. The van der Waals surface area contributed by atoms with Gasteiger partial charge in [-0.2, -0.15) is 4.80 Å². The van der Waals surface area contributed by atoms with Gasteiger partial charge in [0.2, 0.25) is 11.7 Å². The number of carbonyl (C=O) groups is 1. The van der Waals surface area contributed by atoms with E-state index in [1.807, 2.05) is 25.1 Å². The summed E-state index contributed by atoms with van der Waals surface area (Å²) < 4.78 is 2.14. The molecule has 8 heteroatoms. The van der Waals surface area contributed by atoms with Crippen LogP contribution >= 0.6 is 0 Å². The van der Waals surface area contributed by atoms with Crippen LogP contribution in [0.5, 0.6) is 0 Å². The molecule has 26 heavy (non-hydrogen) atoms. The number of nitrogens with zero attached hydrogens (tertiary/aromatic N) is 6. The number of fused-ring (bicyclic) bond motifs is 1. The molecule has 0 unspecified atom stereocenters. The number of hydrogen-bond acceptors (Lipinski definition) is 5. The number of aromatic nitrogens is 6. The van der Waals surface area contributed by atoms with Crippen LogP contribution in [0.4, 0.5) is 0 Å². The van der Waals surface area contributed by atoms with Crippen molar-refractivity contribution in [2.45, 2.75) is 20.0 Å². The van der Waals surface area contributed by atoms with Crippen molar-refractivity contribution in [2.75, 3.05) is 0 Å².